The second-order valence-electron chi connectivity index (χ2n) is 8.36. The first-order valence-electron chi connectivity index (χ1n) is 11.2. The van der Waals surface area contributed by atoms with Gasteiger partial charge in [-0.15, -0.1) is 0 Å². The first-order chi connectivity index (χ1) is 16.5. The molecule has 2 amide bonds. The van der Waals surface area contributed by atoms with E-state index in [1.54, 1.807) is 11.0 Å². The Hall–Kier alpha value is -4.19. The lowest BCUT2D eigenvalue weighted by atomic mass is 10.1. The summed E-state index contributed by atoms with van der Waals surface area (Å²) in [6, 6.07) is 26.8. The molecule has 3 aromatic carbocycles. The minimum Gasteiger partial charge on any atom is -0.359 e. The summed E-state index contributed by atoms with van der Waals surface area (Å²) in [6.45, 7) is 5.00. The summed E-state index contributed by atoms with van der Waals surface area (Å²) in [5, 5.41) is 6.77. The monoisotopic (exact) mass is 453 g/mol. The SMILES string of the molecule is Cc1ccc(CNC(=O)c2cc(CN(Cc3ccccc3)C(=O)c3ccc(C)cc3)on2)cc1. The molecule has 4 rings (SSSR count). The molecule has 6 nitrogen and oxygen atoms in total. The van der Waals surface area contributed by atoms with Crippen LogP contribution in [0, 0.1) is 13.8 Å². The number of aromatic nitrogens is 1. The molecule has 4 aromatic rings. The fourth-order valence-corrected chi connectivity index (χ4v) is 3.54. The van der Waals surface area contributed by atoms with Crippen LogP contribution >= 0.6 is 0 Å². The number of hydrogen-bond donors (Lipinski definition) is 1. The van der Waals surface area contributed by atoms with E-state index < -0.39 is 0 Å². The van der Waals surface area contributed by atoms with E-state index in [9.17, 15) is 9.59 Å². The molecule has 0 unspecified atom stereocenters. The first-order valence-corrected chi connectivity index (χ1v) is 11.2. The number of carbonyl (C=O) groups excluding carboxylic acids is 2. The van der Waals surface area contributed by atoms with Gasteiger partial charge in [0.2, 0.25) is 0 Å². The Morgan fingerprint density at radius 1 is 0.824 bits per heavy atom. The molecule has 0 radical (unpaired) electrons. The van der Waals surface area contributed by atoms with Crippen molar-refractivity contribution in [2.75, 3.05) is 0 Å². The van der Waals surface area contributed by atoms with Gasteiger partial charge in [-0.3, -0.25) is 9.59 Å². The van der Waals surface area contributed by atoms with Gasteiger partial charge in [0.15, 0.2) is 11.5 Å². The van der Waals surface area contributed by atoms with Gasteiger partial charge in [0, 0.05) is 24.7 Å². The van der Waals surface area contributed by atoms with Gasteiger partial charge < -0.3 is 14.7 Å². The van der Waals surface area contributed by atoms with Gasteiger partial charge in [0.25, 0.3) is 11.8 Å². The van der Waals surface area contributed by atoms with E-state index in [0.717, 1.165) is 22.3 Å². The van der Waals surface area contributed by atoms with Crippen molar-refractivity contribution in [2.45, 2.75) is 33.5 Å². The van der Waals surface area contributed by atoms with Crippen LogP contribution in [0.2, 0.25) is 0 Å². The lowest BCUT2D eigenvalue weighted by molar-refractivity contribution is 0.0713. The molecule has 1 N–H and O–H groups in total. The van der Waals surface area contributed by atoms with Crippen molar-refractivity contribution in [1.29, 1.82) is 0 Å². The Bertz CT molecular complexity index is 1250. The molecule has 0 atom stereocenters. The van der Waals surface area contributed by atoms with Crippen molar-refractivity contribution in [3.05, 3.63) is 124 Å². The van der Waals surface area contributed by atoms with E-state index >= 15 is 0 Å². The molecule has 0 saturated carbocycles. The van der Waals surface area contributed by atoms with Crippen LogP contribution < -0.4 is 5.32 Å². The van der Waals surface area contributed by atoms with Gasteiger partial charge in [-0.1, -0.05) is 83.0 Å². The molecule has 0 saturated heterocycles. The summed E-state index contributed by atoms with van der Waals surface area (Å²) in [7, 11) is 0. The second kappa shape index (κ2) is 10.6. The molecule has 0 spiro atoms. The molecular formula is C28H27N3O3. The summed E-state index contributed by atoms with van der Waals surface area (Å²) < 4.78 is 5.42. The Kier molecular flexibility index (Phi) is 7.18. The van der Waals surface area contributed by atoms with Gasteiger partial charge in [-0.05, 0) is 37.1 Å². The summed E-state index contributed by atoms with van der Waals surface area (Å²) in [5.74, 6) is -0.00227. The third-order valence-electron chi connectivity index (χ3n) is 5.51. The number of benzene rings is 3. The predicted molar refractivity (Wildman–Crippen MR) is 130 cm³/mol. The van der Waals surface area contributed by atoms with Crippen LogP contribution in [-0.2, 0) is 19.6 Å². The minimum absolute atomic E-state index is 0.120. The number of hydrogen-bond acceptors (Lipinski definition) is 4. The predicted octanol–water partition coefficient (Wildman–Crippen LogP) is 5.06. The number of carbonyl (C=O) groups is 2. The summed E-state index contributed by atoms with van der Waals surface area (Å²) in [5.41, 5.74) is 5.03. The van der Waals surface area contributed by atoms with Crippen molar-refractivity contribution in [3.63, 3.8) is 0 Å². The number of aryl methyl sites for hydroxylation is 2. The second-order valence-corrected chi connectivity index (χ2v) is 8.36. The van der Waals surface area contributed by atoms with Crippen LogP contribution in [0.3, 0.4) is 0 Å². The van der Waals surface area contributed by atoms with Gasteiger partial charge in [0.1, 0.15) is 0 Å². The lowest BCUT2D eigenvalue weighted by Crippen LogP contribution is -2.30. The zero-order chi connectivity index (χ0) is 23.9. The maximum absolute atomic E-state index is 13.3. The maximum Gasteiger partial charge on any atom is 0.273 e. The molecule has 0 aliphatic heterocycles. The Labute approximate surface area is 199 Å². The van der Waals surface area contributed by atoms with Gasteiger partial charge in [-0.2, -0.15) is 0 Å². The Morgan fingerprint density at radius 2 is 1.47 bits per heavy atom. The lowest BCUT2D eigenvalue weighted by Gasteiger charge is -2.22. The number of nitrogens with one attached hydrogen (secondary N) is 1. The zero-order valence-corrected chi connectivity index (χ0v) is 19.3. The molecular weight excluding hydrogens is 426 g/mol. The van der Waals surface area contributed by atoms with Crippen LogP contribution in [0.25, 0.3) is 0 Å². The zero-order valence-electron chi connectivity index (χ0n) is 19.3. The third kappa shape index (κ3) is 5.98. The number of rotatable bonds is 8. The Balaban J connectivity index is 1.46. The Morgan fingerprint density at radius 3 is 2.15 bits per heavy atom. The van der Waals surface area contributed by atoms with E-state index in [1.807, 2.05) is 92.7 Å². The highest BCUT2D eigenvalue weighted by molar-refractivity contribution is 5.94. The molecule has 0 bridgehead atoms. The molecule has 6 heteroatoms. The maximum atomic E-state index is 13.3. The van der Waals surface area contributed by atoms with Crippen molar-refractivity contribution in [2.24, 2.45) is 0 Å². The summed E-state index contributed by atoms with van der Waals surface area (Å²) in [6.07, 6.45) is 0. The van der Waals surface area contributed by atoms with Crippen molar-refractivity contribution >= 4 is 11.8 Å². The molecule has 1 aromatic heterocycles. The largest absolute Gasteiger partial charge is 0.359 e. The average molecular weight is 454 g/mol. The fourth-order valence-electron chi connectivity index (χ4n) is 3.54. The van der Waals surface area contributed by atoms with E-state index in [0.29, 0.717) is 24.4 Å². The summed E-state index contributed by atoms with van der Waals surface area (Å²) in [4.78, 5) is 27.5. The van der Waals surface area contributed by atoms with Crippen LogP contribution in [0.15, 0.2) is 89.5 Å². The van der Waals surface area contributed by atoms with Gasteiger partial charge in [-0.25, -0.2) is 0 Å². The van der Waals surface area contributed by atoms with E-state index in [2.05, 4.69) is 10.5 Å². The minimum atomic E-state index is -0.324. The highest BCUT2D eigenvalue weighted by Gasteiger charge is 2.20. The summed E-state index contributed by atoms with van der Waals surface area (Å²) >= 11 is 0. The van der Waals surface area contributed by atoms with Crippen LogP contribution in [0.5, 0.6) is 0 Å². The fraction of sp³-hybridized carbons (Fsp3) is 0.179. The van der Waals surface area contributed by atoms with E-state index in [4.69, 9.17) is 4.52 Å². The van der Waals surface area contributed by atoms with Gasteiger partial charge in [0.05, 0.1) is 6.54 Å². The highest BCUT2D eigenvalue weighted by atomic mass is 16.5. The van der Waals surface area contributed by atoms with Crippen LogP contribution in [0.1, 0.15) is 48.9 Å². The molecule has 0 aliphatic carbocycles. The van der Waals surface area contributed by atoms with Gasteiger partial charge >= 0.3 is 0 Å². The molecule has 0 fully saturated rings. The van der Waals surface area contributed by atoms with E-state index in [1.165, 1.54) is 0 Å². The smallest absolute Gasteiger partial charge is 0.273 e. The number of nitrogens with zero attached hydrogens (tertiary/aromatic N) is 2. The molecule has 0 aliphatic rings. The molecule has 1 heterocycles. The first kappa shape index (κ1) is 23.0. The standard InChI is InChI=1S/C28H27N3O3/c1-20-8-12-22(13-9-20)17-29-27(32)26-16-25(34-30-26)19-31(18-23-6-4-3-5-7-23)28(33)24-14-10-21(2)11-15-24/h3-16H,17-19H2,1-2H3,(H,29,32). The molecule has 34 heavy (non-hydrogen) atoms. The van der Waals surface area contributed by atoms with Crippen molar-refractivity contribution in [3.8, 4) is 0 Å². The van der Waals surface area contributed by atoms with Crippen LogP contribution in [0.4, 0.5) is 0 Å². The topological polar surface area (TPSA) is 75.4 Å². The highest BCUT2D eigenvalue weighted by Crippen LogP contribution is 2.16. The quantitative estimate of drug-likeness (QED) is 0.404. The normalized spacial score (nSPS) is 10.6. The average Bonchev–Trinajstić information content (AvgIpc) is 3.32. The third-order valence-corrected chi connectivity index (χ3v) is 5.51. The molecule has 172 valence electrons. The van der Waals surface area contributed by atoms with Crippen molar-refractivity contribution in [1.82, 2.24) is 15.4 Å². The van der Waals surface area contributed by atoms with Crippen molar-refractivity contribution < 1.29 is 14.1 Å². The number of amides is 2. The van der Waals surface area contributed by atoms with E-state index in [-0.39, 0.29) is 24.1 Å². The van der Waals surface area contributed by atoms with Crippen LogP contribution in [-0.4, -0.2) is 21.9 Å².